The van der Waals surface area contributed by atoms with E-state index in [1.807, 2.05) is 18.2 Å². The lowest BCUT2D eigenvalue weighted by Gasteiger charge is -2.25. The Morgan fingerprint density at radius 2 is 2.05 bits per heavy atom. The fraction of sp³-hybridized carbons (Fsp3) is 0.533. The van der Waals surface area contributed by atoms with E-state index >= 15 is 0 Å². The van der Waals surface area contributed by atoms with Crippen molar-refractivity contribution in [3.8, 4) is 11.5 Å². The molecule has 1 saturated carbocycles. The average molecular weight is 313 g/mol. The number of para-hydroxylation sites is 1. The molecule has 6 heteroatoms. The number of hydrogen-bond donors (Lipinski definition) is 2. The van der Waals surface area contributed by atoms with Gasteiger partial charge in [0.2, 0.25) is 12.7 Å². The monoisotopic (exact) mass is 312 g/mol. The van der Waals surface area contributed by atoms with Crippen LogP contribution in [-0.4, -0.2) is 19.2 Å². The molecule has 0 aromatic heterocycles. The van der Waals surface area contributed by atoms with Crippen molar-refractivity contribution in [3.63, 3.8) is 0 Å². The smallest absolute Gasteiger partial charge is 0.231 e. The first kappa shape index (κ1) is 15.9. The second-order valence-corrected chi connectivity index (χ2v) is 5.53. The number of benzene rings is 1. The molecule has 2 aliphatic rings. The summed E-state index contributed by atoms with van der Waals surface area (Å²) in [6.45, 7) is 1.12. The number of hydrogen-bond acceptors (Lipinski definition) is 4. The first-order chi connectivity index (χ1) is 9.75. The van der Waals surface area contributed by atoms with Crippen LogP contribution >= 0.6 is 12.4 Å². The van der Waals surface area contributed by atoms with E-state index in [2.05, 4.69) is 5.32 Å². The van der Waals surface area contributed by atoms with Crippen LogP contribution in [-0.2, 0) is 11.3 Å². The maximum atomic E-state index is 12.4. The van der Waals surface area contributed by atoms with E-state index in [-0.39, 0.29) is 30.5 Å². The Kier molecular flexibility index (Phi) is 4.96. The summed E-state index contributed by atoms with van der Waals surface area (Å²) in [6, 6.07) is 5.72. The first-order valence-electron chi connectivity index (χ1n) is 7.11. The molecule has 1 aliphatic heterocycles. The van der Waals surface area contributed by atoms with E-state index in [0.717, 1.165) is 42.7 Å². The third-order valence-electron chi connectivity index (χ3n) is 4.35. The summed E-state index contributed by atoms with van der Waals surface area (Å²) in [7, 11) is 0. The van der Waals surface area contributed by atoms with Gasteiger partial charge in [-0.3, -0.25) is 4.79 Å². The molecule has 0 atom stereocenters. The van der Waals surface area contributed by atoms with Crippen LogP contribution in [0.3, 0.4) is 0 Å². The fourth-order valence-electron chi connectivity index (χ4n) is 3.07. The molecular weight excluding hydrogens is 292 g/mol. The normalized spacial score (nSPS) is 18.1. The fourth-order valence-corrected chi connectivity index (χ4v) is 3.07. The minimum atomic E-state index is -0.366. The maximum Gasteiger partial charge on any atom is 0.231 e. The predicted octanol–water partition coefficient (Wildman–Crippen LogP) is 1.97. The third kappa shape index (κ3) is 2.94. The molecule has 116 valence electrons. The molecule has 3 N–H and O–H groups in total. The van der Waals surface area contributed by atoms with Crippen LogP contribution in [0.4, 0.5) is 0 Å². The van der Waals surface area contributed by atoms with Crippen molar-refractivity contribution >= 4 is 18.3 Å². The molecule has 1 aromatic rings. The van der Waals surface area contributed by atoms with Gasteiger partial charge in [-0.05, 0) is 18.9 Å². The van der Waals surface area contributed by atoms with E-state index in [1.165, 1.54) is 0 Å². The van der Waals surface area contributed by atoms with Gasteiger partial charge in [0.1, 0.15) is 0 Å². The van der Waals surface area contributed by atoms with Crippen molar-refractivity contribution in [1.82, 2.24) is 5.32 Å². The minimum absolute atomic E-state index is 0. The van der Waals surface area contributed by atoms with E-state index in [9.17, 15) is 4.79 Å². The number of nitrogens with two attached hydrogens (primary N) is 1. The lowest BCUT2D eigenvalue weighted by molar-refractivity contribution is -0.130. The molecule has 3 rings (SSSR count). The Morgan fingerprint density at radius 3 is 2.76 bits per heavy atom. The molecule has 1 fully saturated rings. The molecule has 1 aliphatic carbocycles. The molecule has 0 radical (unpaired) electrons. The maximum absolute atomic E-state index is 12.4. The van der Waals surface area contributed by atoms with Crippen LogP contribution < -0.4 is 20.5 Å². The van der Waals surface area contributed by atoms with E-state index in [1.54, 1.807) is 0 Å². The van der Waals surface area contributed by atoms with Crippen LogP contribution in [0.2, 0.25) is 0 Å². The van der Waals surface area contributed by atoms with E-state index in [4.69, 9.17) is 15.2 Å². The third-order valence-corrected chi connectivity index (χ3v) is 4.35. The lowest BCUT2D eigenvalue weighted by atomic mass is 9.85. The Hall–Kier alpha value is -1.46. The predicted molar refractivity (Wildman–Crippen MR) is 81.6 cm³/mol. The Bertz CT molecular complexity index is 516. The van der Waals surface area contributed by atoms with Gasteiger partial charge in [-0.15, -0.1) is 12.4 Å². The van der Waals surface area contributed by atoms with Gasteiger partial charge in [0.15, 0.2) is 11.5 Å². The Morgan fingerprint density at radius 1 is 1.29 bits per heavy atom. The summed E-state index contributed by atoms with van der Waals surface area (Å²) < 4.78 is 10.8. The zero-order valence-electron chi connectivity index (χ0n) is 11.9. The van der Waals surface area contributed by atoms with Crippen LogP contribution in [0.5, 0.6) is 11.5 Å². The highest BCUT2D eigenvalue weighted by Crippen LogP contribution is 2.38. The van der Waals surface area contributed by atoms with Crippen molar-refractivity contribution < 1.29 is 14.3 Å². The molecule has 5 nitrogen and oxygen atoms in total. The van der Waals surface area contributed by atoms with Crippen molar-refractivity contribution in [3.05, 3.63) is 23.8 Å². The molecule has 0 bridgehead atoms. The Labute approximate surface area is 130 Å². The number of carbonyl (C=O) groups is 1. The van der Waals surface area contributed by atoms with E-state index < -0.39 is 0 Å². The zero-order chi connectivity index (χ0) is 14.0. The van der Waals surface area contributed by atoms with Gasteiger partial charge in [0.05, 0.1) is 5.41 Å². The highest BCUT2D eigenvalue weighted by molar-refractivity contribution is 5.85. The van der Waals surface area contributed by atoms with E-state index in [0.29, 0.717) is 13.1 Å². The summed E-state index contributed by atoms with van der Waals surface area (Å²) >= 11 is 0. The SMILES string of the molecule is Cl.NCC1(C(=O)NCc2cccc3c2OCO3)CCCC1. The topological polar surface area (TPSA) is 73.6 Å². The van der Waals surface area contributed by atoms with Gasteiger partial charge in [-0.25, -0.2) is 0 Å². The van der Waals surface area contributed by atoms with Crippen molar-refractivity contribution in [2.24, 2.45) is 11.1 Å². The summed E-state index contributed by atoms with van der Waals surface area (Å²) in [5.41, 5.74) is 6.40. The minimum Gasteiger partial charge on any atom is -0.454 e. The number of nitrogens with one attached hydrogen (secondary N) is 1. The Balaban J connectivity index is 0.00000161. The molecule has 1 aromatic carbocycles. The number of carbonyl (C=O) groups excluding carboxylic acids is 1. The molecule has 0 unspecified atom stereocenters. The highest BCUT2D eigenvalue weighted by Gasteiger charge is 2.39. The zero-order valence-corrected chi connectivity index (χ0v) is 12.7. The average Bonchev–Trinajstić information content (AvgIpc) is 3.13. The van der Waals surface area contributed by atoms with Crippen LogP contribution in [0.25, 0.3) is 0 Å². The number of halogens is 1. The largest absolute Gasteiger partial charge is 0.454 e. The van der Waals surface area contributed by atoms with Crippen LogP contribution in [0, 0.1) is 5.41 Å². The number of amides is 1. The van der Waals surface area contributed by atoms with Crippen molar-refractivity contribution in [1.29, 1.82) is 0 Å². The number of rotatable bonds is 4. The first-order valence-corrected chi connectivity index (χ1v) is 7.11. The second kappa shape index (κ2) is 6.54. The van der Waals surface area contributed by atoms with Crippen molar-refractivity contribution in [2.45, 2.75) is 32.2 Å². The van der Waals surface area contributed by atoms with Crippen LogP contribution in [0.1, 0.15) is 31.2 Å². The van der Waals surface area contributed by atoms with Gasteiger partial charge in [0.25, 0.3) is 0 Å². The van der Waals surface area contributed by atoms with Gasteiger partial charge < -0.3 is 20.5 Å². The van der Waals surface area contributed by atoms with Crippen molar-refractivity contribution in [2.75, 3.05) is 13.3 Å². The quantitative estimate of drug-likeness (QED) is 0.891. The lowest BCUT2D eigenvalue weighted by Crippen LogP contribution is -2.43. The number of ether oxygens (including phenoxy) is 2. The molecular formula is C15H21ClN2O3. The molecule has 1 amide bonds. The highest BCUT2D eigenvalue weighted by atomic mass is 35.5. The number of fused-ring (bicyclic) bond motifs is 1. The van der Waals surface area contributed by atoms with Gasteiger partial charge in [-0.2, -0.15) is 0 Å². The summed E-state index contributed by atoms with van der Waals surface area (Å²) in [5, 5.41) is 3.01. The molecule has 21 heavy (non-hydrogen) atoms. The standard InChI is InChI=1S/C15H20N2O3.ClH/c16-9-15(6-1-2-7-15)14(18)17-8-11-4-3-5-12-13(11)20-10-19-12;/h3-5H,1-2,6-10,16H2,(H,17,18);1H. The summed E-state index contributed by atoms with van der Waals surface area (Å²) in [6.07, 6.45) is 3.95. The van der Waals surface area contributed by atoms with Gasteiger partial charge >= 0.3 is 0 Å². The second-order valence-electron chi connectivity index (χ2n) is 5.53. The summed E-state index contributed by atoms with van der Waals surface area (Å²) in [5.74, 6) is 1.54. The van der Waals surface area contributed by atoms with Crippen LogP contribution in [0.15, 0.2) is 18.2 Å². The van der Waals surface area contributed by atoms with Gasteiger partial charge in [-0.1, -0.05) is 25.0 Å². The molecule has 1 heterocycles. The summed E-state index contributed by atoms with van der Waals surface area (Å²) in [4.78, 5) is 12.4. The molecule has 0 spiro atoms. The molecule has 0 saturated heterocycles. The van der Waals surface area contributed by atoms with Gasteiger partial charge in [0, 0.05) is 18.7 Å².